The van der Waals surface area contributed by atoms with Crippen molar-refractivity contribution in [1.82, 2.24) is 9.55 Å². The van der Waals surface area contributed by atoms with Crippen LogP contribution in [0.15, 0.2) is 18.2 Å². The van der Waals surface area contributed by atoms with Gasteiger partial charge in [0.2, 0.25) is 0 Å². The van der Waals surface area contributed by atoms with E-state index in [9.17, 15) is 0 Å². The Morgan fingerprint density at radius 1 is 1.21 bits per heavy atom. The summed E-state index contributed by atoms with van der Waals surface area (Å²) in [7, 11) is 2.15. The summed E-state index contributed by atoms with van der Waals surface area (Å²) in [6.07, 6.45) is 8.06. The number of hydrogen-bond donors (Lipinski definition) is 1. The van der Waals surface area contributed by atoms with E-state index < -0.39 is 0 Å². The second kappa shape index (κ2) is 5.33. The van der Waals surface area contributed by atoms with E-state index in [0.29, 0.717) is 12.5 Å². The van der Waals surface area contributed by atoms with Gasteiger partial charge in [0.1, 0.15) is 5.82 Å². The molecule has 0 bridgehead atoms. The van der Waals surface area contributed by atoms with Crippen molar-refractivity contribution < 1.29 is 0 Å². The van der Waals surface area contributed by atoms with Gasteiger partial charge in [-0.25, -0.2) is 4.98 Å². The average molecular weight is 257 g/mol. The van der Waals surface area contributed by atoms with Crippen LogP contribution >= 0.6 is 0 Å². The van der Waals surface area contributed by atoms with Crippen molar-refractivity contribution in [2.24, 2.45) is 12.8 Å². The van der Waals surface area contributed by atoms with Crippen LogP contribution in [0.5, 0.6) is 0 Å². The molecule has 0 spiro atoms. The molecule has 3 heteroatoms. The van der Waals surface area contributed by atoms with Crippen molar-refractivity contribution in [1.29, 1.82) is 0 Å². The highest BCUT2D eigenvalue weighted by Gasteiger charge is 2.20. The minimum atomic E-state index is 0.589. The highest BCUT2D eigenvalue weighted by Crippen LogP contribution is 2.32. The number of nitrogens with zero attached hydrogens (tertiary/aromatic N) is 2. The first-order chi connectivity index (χ1) is 9.29. The fourth-order valence-electron chi connectivity index (χ4n) is 3.29. The van der Waals surface area contributed by atoms with E-state index in [1.165, 1.54) is 49.9 Å². The lowest BCUT2D eigenvalue weighted by atomic mass is 10.00. The number of imidazole rings is 1. The first kappa shape index (κ1) is 12.7. The summed E-state index contributed by atoms with van der Waals surface area (Å²) in [6, 6.07) is 6.40. The molecule has 102 valence electrons. The molecule has 2 N–H and O–H groups in total. The van der Waals surface area contributed by atoms with Gasteiger partial charge in [-0.05, 0) is 30.5 Å². The van der Waals surface area contributed by atoms with E-state index in [1.54, 1.807) is 0 Å². The molecule has 1 heterocycles. The van der Waals surface area contributed by atoms with Crippen molar-refractivity contribution in [3.63, 3.8) is 0 Å². The van der Waals surface area contributed by atoms with Gasteiger partial charge in [0.25, 0.3) is 0 Å². The van der Waals surface area contributed by atoms with Crippen LogP contribution in [-0.2, 0) is 13.6 Å². The van der Waals surface area contributed by atoms with Crippen LogP contribution in [0.1, 0.15) is 55.8 Å². The summed E-state index contributed by atoms with van der Waals surface area (Å²) in [5.74, 6) is 1.91. The Morgan fingerprint density at radius 3 is 2.63 bits per heavy atom. The van der Waals surface area contributed by atoms with E-state index in [2.05, 4.69) is 29.8 Å². The number of aryl methyl sites for hydroxylation is 1. The van der Waals surface area contributed by atoms with Crippen LogP contribution in [0, 0.1) is 0 Å². The molecule has 1 saturated carbocycles. The van der Waals surface area contributed by atoms with E-state index in [4.69, 9.17) is 10.7 Å². The SMILES string of the molecule is Cn1c(C2CCCCCC2)nc2cc(CN)ccc21. The largest absolute Gasteiger partial charge is 0.331 e. The Kier molecular flexibility index (Phi) is 3.56. The average Bonchev–Trinajstić information content (AvgIpc) is 2.64. The smallest absolute Gasteiger partial charge is 0.112 e. The lowest BCUT2D eigenvalue weighted by molar-refractivity contribution is 0.546. The van der Waals surface area contributed by atoms with Crippen LogP contribution < -0.4 is 5.73 Å². The molecular formula is C16H23N3. The number of nitrogens with two attached hydrogens (primary N) is 1. The topological polar surface area (TPSA) is 43.8 Å². The van der Waals surface area contributed by atoms with Crippen LogP contribution in [0.3, 0.4) is 0 Å². The van der Waals surface area contributed by atoms with Gasteiger partial charge in [-0.1, -0.05) is 31.7 Å². The van der Waals surface area contributed by atoms with Crippen LogP contribution in [0.25, 0.3) is 11.0 Å². The summed E-state index contributed by atoms with van der Waals surface area (Å²) >= 11 is 0. The Bertz CT molecular complexity index is 563. The molecule has 0 unspecified atom stereocenters. The molecule has 0 amide bonds. The predicted octanol–water partition coefficient (Wildman–Crippen LogP) is 3.47. The second-order valence-electron chi connectivity index (χ2n) is 5.74. The molecule has 1 aromatic heterocycles. The maximum Gasteiger partial charge on any atom is 0.112 e. The Morgan fingerprint density at radius 2 is 1.95 bits per heavy atom. The highest BCUT2D eigenvalue weighted by molar-refractivity contribution is 5.77. The fraction of sp³-hybridized carbons (Fsp3) is 0.562. The molecule has 1 aromatic carbocycles. The van der Waals surface area contributed by atoms with E-state index in [1.807, 2.05) is 0 Å². The van der Waals surface area contributed by atoms with Gasteiger partial charge in [0.05, 0.1) is 11.0 Å². The van der Waals surface area contributed by atoms with Crippen molar-refractivity contribution in [3.05, 3.63) is 29.6 Å². The van der Waals surface area contributed by atoms with Crippen molar-refractivity contribution in [2.75, 3.05) is 0 Å². The van der Waals surface area contributed by atoms with Gasteiger partial charge in [-0.2, -0.15) is 0 Å². The molecule has 3 rings (SSSR count). The van der Waals surface area contributed by atoms with Crippen LogP contribution in [0.2, 0.25) is 0 Å². The number of rotatable bonds is 2. The third-order valence-corrected chi connectivity index (χ3v) is 4.44. The zero-order chi connectivity index (χ0) is 13.2. The molecule has 3 nitrogen and oxygen atoms in total. The molecule has 0 radical (unpaired) electrons. The molecule has 0 saturated heterocycles. The van der Waals surface area contributed by atoms with Gasteiger partial charge in [0.15, 0.2) is 0 Å². The van der Waals surface area contributed by atoms with Crippen molar-refractivity contribution >= 4 is 11.0 Å². The molecule has 19 heavy (non-hydrogen) atoms. The zero-order valence-electron chi connectivity index (χ0n) is 11.7. The molecule has 2 aromatic rings. The highest BCUT2D eigenvalue weighted by atomic mass is 15.1. The number of hydrogen-bond acceptors (Lipinski definition) is 2. The summed E-state index contributed by atoms with van der Waals surface area (Å²) < 4.78 is 2.28. The zero-order valence-corrected chi connectivity index (χ0v) is 11.7. The standard InChI is InChI=1S/C16H23N3/c1-19-15-9-8-12(11-17)10-14(15)18-16(19)13-6-4-2-3-5-7-13/h8-10,13H,2-7,11,17H2,1H3. The third kappa shape index (κ3) is 2.39. The molecule has 1 aliphatic carbocycles. The quantitative estimate of drug-likeness (QED) is 0.837. The number of aromatic nitrogens is 2. The molecule has 0 aliphatic heterocycles. The van der Waals surface area contributed by atoms with Crippen molar-refractivity contribution in [3.8, 4) is 0 Å². The van der Waals surface area contributed by atoms with Crippen molar-refractivity contribution in [2.45, 2.75) is 51.0 Å². The van der Waals surface area contributed by atoms with Gasteiger partial charge in [0, 0.05) is 19.5 Å². The maximum atomic E-state index is 5.71. The van der Waals surface area contributed by atoms with E-state index >= 15 is 0 Å². The Labute approximate surface area is 114 Å². The number of fused-ring (bicyclic) bond motifs is 1. The lowest BCUT2D eigenvalue weighted by Crippen LogP contribution is -2.05. The van der Waals surface area contributed by atoms with Gasteiger partial charge in [-0.3, -0.25) is 0 Å². The minimum Gasteiger partial charge on any atom is -0.331 e. The second-order valence-corrected chi connectivity index (χ2v) is 5.74. The van der Waals surface area contributed by atoms with Crippen LogP contribution in [0.4, 0.5) is 0 Å². The third-order valence-electron chi connectivity index (χ3n) is 4.44. The first-order valence-corrected chi connectivity index (χ1v) is 7.45. The summed E-state index contributed by atoms with van der Waals surface area (Å²) in [6.45, 7) is 0.589. The van der Waals surface area contributed by atoms with Crippen LogP contribution in [-0.4, -0.2) is 9.55 Å². The fourth-order valence-corrected chi connectivity index (χ4v) is 3.29. The maximum absolute atomic E-state index is 5.71. The Hall–Kier alpha value is -1.35. The molecule has 0 atom stereocenters. The summed E-state index contributed by atoms with van der Waals surface area (Å²) in [4.78, 5) is 4.89. The first-order valence-electron chi connectivity index (χ1n) is 7.45. The lowest BCUT2D eigenvalue weighted by Gasteiger charge is -2.13. The Balaban J connectivity index is 2.00. The van der Waals surface area contributed by atoms with E-state index in [-0.39, 0.29) is 0 Å². The van der Waals surface area contributed by atoms with E-state index in [0.717, 1.165) is 11.1 Å². The minimum absolute atomic E-state index is 0.589. The number of benzene rings is 1. The molecular weight excluding hydrogens is 234 g/mol. The monoisotopic (exact) mass is 257 g/mol. The predicted molar refractivity (Wildman–Crippen MR) is 79.0 cm³/mol. The summed E-state index contributed by atoms with van der Waals surface area (Å²) in [5.41, 5.74) is 9.21. The molecule has 1 aliphatic rings. The normalized spacial score (nSPS) is 17.8. The molecule has 1 fully saturated rings. The van der Waals surface area contributed by atoms with Gasteiger partial charge in [-0.15, -0.1) is 0 Å². The van der Waals surface area contributed by atoms with Gasteiger partial charge >= 0.3 is 0 Å². The summed E-state index contributed by atoms with van der Waals surface area (Å²) in [5, 5.41) is 0. The van der Waals surface area contributed by atoms with Gasteiger partial charge < -0.3 is 10.3 Å².